The number of nitriles is 1. The summed E-state index contributed by atoms with van der Waals surface area (Å²) < 4.78 is 5.78. The molecule has 3 rings (SSSR count). The molecule has 7 heteroatoms. The standard InChI is InChI=1S/C20H17Cl2N3O2/c1-13(26)8-18-10-16(11-23)24-25(18)17-4-6-19(7-5-17)27-12-14-2-3-15(21)9-20(14)22/h2-7,9,18H,8,10,12H2,1H3. The van der Waals surface area contributed by atoms with Gasteiger partial charge in [-0.15, -0.1) is 0 Å². The molecule has 0 saturated carbocycles. The Balaban J connectivity index is 1.69. The van der Waals surface area contributed by atoms with Crippen LogP contribution in [0.1, 0.15) is 25.3 Å². The summed E-state index contributed by atoms with van der Waals surface area (Å²) in [6.45, 7) is 1.87. The highest BCUT2D eigenvalue weighted by Gasteiger charge is 2.28. The van der Waals surface area contributed by atoms with E-state index in [-0.39, 0.29) is 11.8 Å². The van der Waals surface area contributed by atoms with Crippen molar-refractivity contribution in [1.29, 1.82) is 5.26 Å². The van der Waals surface area contributed by atoms with Gasteiger partial charge in [-0.1, -0.05) is 29.3 Å². The number of hydrazone groups is 1. The lowest BCUT2D eigenvalue weighted by molar-refractivity contribution is -0.117. The molecule has 1 atom stereocenters. The maximum absolute atomic E-state index is 11.5. The van der Waals surface area contributed by atoms with Crippen molar-refractivity contribution in [2.24, 2.45) is 5.10 Å². The van der Waals surface area contributed by atoms with Crippen LogP contribution in [0.2, 0.25) is 10.0 Å². The molecule has 27 heavy (non-hydrogen) atoms. The van der Waals surface area contributed by atoms with Gasteiger partial charge in [0.25, 0.3) is 0 Å². The predicted octanol–water partition coefficient (Wildman–Crippen LogP) is 5.01. The molecule has 1 unspecified atom stereocenters. The van der Waals surface area contributed by atoms with E-state index in [1.54, 1.807) is 24.1 Å². The van der Waals surface area contributed by atoms with Crippen molar-refractivity contribution < 1.29 is 9.53 Å². The van der Waals surface area contributed by atoms with Crippen LogP contribution in [0.15, 0.2) is 47.6 Å². The number of ether oxygens (including phenoxy) is 1. The molecule has 1 heterocycles. The van der Waals surface area contributed by atoms with Gasteiger partial charge in [-0.3, -0.25) is 9.80 Å². The summed E-state index contributed by atoms with van der Waals surface area (Å²) in [5.41, 5.74) is 2.08. The van der Waals surface area contributed by atoms with Crippen LogP contribution in [0.4, 0.5) is 5.69 Å². The Morgan fingerprint density at radius 1 is 1.30 bits per heavy atom. The van der Waals surface area contributed by atoms with Crippen LogP contribution in [0.5, 0.6) is 5.75 Å². The zero-order valence-corrected chi connectivity index (χ0v) is 16.2. The molecule has 0 aromatic heterocycles. The van der Waals surface area contributed by atoms with E-state index in [2.05, 4.69) is 11.2 Å². The normalized spacial score (nSPS) is 16.0. The van der Waals surface area contributed by atoms with E-state index in [1.807, 2.05) is 30.3 Å². The van der Waals surface area contributed by atoms with Crippen molar-refractivity contribution in [3.05, 3.63) is 58.1 Å². The van der Waals surface area contributed by atoms with Gasteiger partial charge in [-0.05, 0) is 43.3 Å². The van der Waals surface area contributed by atoms with Gasteiger partial charge in [0.1, 0.15) is 29.9 Å². The molecule has 1 aliphatic rings. The van der Waals surface area contributed by atoms with Crippen molar-refractivity contribution in [3.8, 4) is 11.8 Å². The summed E-state index contributed by atoms with van der Waals surface area (Å²) in [5, 5.41) is 16.3. The van der Waals surface area contributed by atoms with Gasteiger partial charge in [0.05, 0.1) is 11.7 Å². The first-order valence-corrected chi connectivity index (χ1v) is 9.15. The average Bonchev–Trinajstić information content (AvgIpc) is 3.03. The van der Waals surface area contributed by atoms with Crippen molar-refractivity contribution in [1.82, 2.24) is 0 Å². The van der Waals surface area contributed by atoms with Crippen molar-refractivity contribution >= 4 is 40.4 Å². The van der Waals surface area contributed by atoms with Gasteiger partial charge in [0.2, 0.25) is 0 Å². The Morgan fingerprint density at radius 2 is 2.04 bits per heavy atom. The third kappa shape index (κ3) is 4.79. The van der Waals surface area contributed by atoms with Gasteiger partial charge in [-0.2, -0.15) is 10.4 Å². The molecule has 0 radical (unpaired) electrons. The molecule has 0 N–H and O–H groups in total. The Morgan fingerprint density at radius 3 is 2.67 bits per heavy atom. The minimum absolute atomic E-state index is 0.0687. The molecular formula is C20H17Cl2N3O2. The number of Topliss-reactive ketones (excluding diaryl/α,β-unsaturated/α-hetero) is 1. The number of rotatable bonds is 6. The van der Waals surface area contributed by atoms with Crippen molar-refractivity contribution in [2.75, 3.05) is 5.01 Å². The molecule has 0 aliphatic carbocycles. The minimum atomic E-state index is -0.128. The van der Waals surface area contributed by atoms with Gasteiger partial charge in [0, 0.05) is 28.5 Å². The number of nitrogens with zero attached hydrogens (tertiary/aromatic N) is 3. The molecule has 0 saturated heterocycles. The highest BCUT2D eigenvalue weighted by Crippen LogP contribution is 2.29. The fourth-order valence-electron chi connectivity index (χ4n) is 2.88. The second-order valence-electron chi connectivity index (χ2n) is 6.29. The second kappa shape index (κ2) is 8.43. The van der Waals surface area contributed by atoms with Crippen LogP contribution in [-0.4, -0.2) is 17.5 Å². The van der Waals surface area contributed by atoms with Crippen molar-refractivity contribution in [3.63, 3.8) is 0 Å². The number of hydrogen-bond donors (Lipinski definition) is 0. The maximum Gasteiger partial charge on any atom is 0.140 e. The van der Waals surface area contributed by atoms with Crippen LogP contribution in [0.25, 0.3) is 0 Å². The molecule has 5 nitrogen and oxygen atoms in total. The lowest BCUT2D eigenvalue weighted by Gasteiger charge is -2.22. The molecule has 2 aromatic carbocycles. The van der Waals surface area contributed by atoms with E-state index in [4.69, 9.17) is 33.2 Å². The van der Waals surface area contributed by atoms with E-state index in [0.29, 0.717) is 41.0 Å². The average molecular weight is 402 g/mol. The van der Waals surface area contributed by atoms with E-state index >= 15 is 0 Å². The number of ketones is 1. The SMILES string of the molecule is CC(=O)CC1CC(C#N)=NN1c1ccc(OCc2ccc(Cl)cc2Cl)cc1. The Bertz CT molecular complexity index is 920. The third-order valence-corrected chi connectivity index (χ3v) is 4.75. The highest BCUT2D eigenvalue weighted by molar-refractivity contribution is 6.35. The summed E-state index contributed by atoms with van der Waals surface area (Å²) in [6.07, 6.45) is 0.825. The molecule has 0 spiro atoms. The van der Waals surface area contributed by atoms with E-state index in [0.717, 1.165) is 11.3 Å². The van der Waals surface area contributed by atoms with E-state index in [9.17, 15) is 4.79 Å². The van der Waals surface area contributed by atoms with Gasteiger partial charge in [-0.25, -0.2) is 0 Å². The van der Waals surface area contributed by atoms with Gasteiger partial charge < -0.3 is 4.74 Å². The lowest BCUT2D eigenvalue weighted by Crippen LogP contribution is -2.28. The first-order valence-electron chi connectivity index (χ1n) is 8.39. The first-order chi connectivity index (χ1) is 13.0. The third-order valence-electron chi connectivity index (χ3n) is 4.17. The molecule has 0 bridgehead atoms. The van der Waals surface area contributed by atoms with E-state index in [1.165, 1.54) is 0 Å². The Labute approximate surface area is 167 Å². The number of carbonyl (C=O) groups is 1. The van der Waals surface area contributed by atoms with Gasteiger partial charge >= 0.3 is 0 Å². The summed E-state index contributed by atoms with van der Waals surface area (Å²) in [7, 11) is 0. The first kappa shape index (κ1) is 19.2. The molecule has 0 amide bonds. The van der Waals surface area contributed by atoms with Crippen LogP contribution in [0, 0.1) is 11.3 Å². The second-order valence-corrected chi connectivity index (χ2v) is 7.13. The zero-order valence-electron chi connectivity index (χ0n) is 14.7. The Hall–Kier alpha value is -2.55. The number of hydrogen-bond acceptors (Lipinski definition) is 5. The zero-order chi connectivity index (χ0) is 19.4. The predicted molar refractivity (Wildman–Crippen MR) is 106 cm³/mol. The van der Waals surface area contributed by atoms with E-state index < -0.39 is 0 Å². The monoisotopic (exact) mass is 401 g/mol. The smallest absolute Gasteiger partial charge is 0.140 e. The van der Waals surface area contributed by atoms with Crippen LogP contribution < -0.4 is 9.75 Å². The number of benzene rings is 2. The fraction of sp³-hybridized carbons (Fsp3) is 0.250. The summed E-state index contributed by atoms with van der Waals surface area (Å²) in [5.74, 6) is 0.746. The minimum Gasteiger partial charge on any atom is -0.489 e. The quantitative estimate of drug-likeness (QED) is 0.681. The largest absolute Gasteiger partial charge is 0.489 e. The topological polar surface area (TPSA) is 65.7 Å². The number of carbonyl (C=O) groups excluding carboxylic acids is 1. The maximum atomic E-state index is 11.5. The lowest BCUT2D eigenvalue weighted by atomic mass is 10.1. The molecule has 2 aromatic rings. The number of anilines is 1. The van der Waals surface area contributed by atoms with Crippen LogP contribution in [-0.2, 0) is 11.4 Å². The molecule has 1 aliphatic heterocycles. The Kier molecular flexibility index (Phi) is 6.00. The summed E-state index contributed by atoms with van der Waals surface area (Å²) in [6, 6.07) is 14.6. The summed E-state index contributed by atoms with van der Waals surface area (Å²) in [4.78, 5) is 11.5. The van der Waals surface area contributed by atoms with Crippen LogP contribution in [0.3, 0.4) is 0 Å². The molecule has 0 fully saturated rings. The number of halogens is 2. The van der Waals surface area contributed by atoms with Gasteiger partial charge in [0.15, 0.2) is 0 Å². The fourth-order valence-corrected chi connectivity index (χ4v) is 3.35. The molecule has 138 valence electrons. The summed E-state index contributed by atoms with van der Waals surface area (Å²) >= 11 is 12.0. The molecular weight excluding hydrogens is 385 g/mol. The van der Waals surface area contributed by atoms with Crippen molar-refractivity contribution in [2.45, 2.75) is 32.4 Å². The van der Waals surface area contributed by atoms with Crippen LogP contribution >= 0.6 is 23.2 Å². The highest BCUT2D eigenvalue weighted by atomic mass is 35.5.